The van der Waals surface area contributed by atoms with E-state index in [1.807, 2.05) is 0 Å². The van der Waals surface area contributed by atoms with Gasteiger partial charge in [0.2, 0.25) is 0 Å². The maximum absolute atomic E-state index is 9.59. The van der Waals surface area contributed by atoms with Gasteiger partial charge in [-0.2, -0.15) is 0 Å². The van der Waals surface area contributed by atoms with Crippen molar-refractivity contribution in [2.24, 2.45) is 0 Å². The molecular weight excluding hydrogens is 119 g/mol. The van der Waals surface area contributed by atoms with Crippen molar-refractivity contribution in [3.63, 3.8) is 0 Å². The van der Waals surface area contributed by atoms with Gasteiger partial charge in [-0.3, -0.25) is 4.52 Å². The summed E-state index contributed by atoms with van der Waals surface area (Å²) < 4.78 is 13.4. The zero-order chi connectivity index (χ0) is 5.91. The molecule has 0 aliphatic carbocycles. The molecule has 4 nitrogen and oxygen atoms in total. The maximum atomic E-state index is 9.59. The predicted octanol–water partition coefficient (Wildman–Crippen LogP) is 0.554. The molecule has 7 heavy (non-hydrogen) atoms. The Morgan fingerprint density at radius 1 is 1.86 bits per heavy atom. The van der Waals surface area contributed by atoms with Crippen LogP contribution in [0.25, 0.3) is 0 Å². The molecule has 1 radical (unpaired) electrons. The Morgan fingerprint density at radius 3 is 2.29 bits per heavy atom. The van der Waals surface area contributed by atoms with Crippen molar-refractivity contribution in [3.05, 3.63) is 0 Å². The van der Waals surface area contributed by atoms with Gasteiger partial charge in [0.1, 0.15) is 0 Å². The van der Waals surface area contributed by atoms with Crippen molar-refractivity contribution in [3.8, 4) is 0 Å². The highest BCUT2D eigenvalue weighted by Crippen LogP contribution is 2.36. The van der Waals surface area contributed by atoms with Crippen LogP contribution in [0.4, 0.5) is 0 Å². The van der Waals surface area contributed by atoms with Crippen LogP contribution in [0.3, 0.4) is 0 Å². The van der Waals surface area contributed by atoms with Crippen LogP contribution in [0, 0.1) is 0 Å². The summed E-state index contributed by atoms with van der Waals surface area (Å²) in [4.78, 5) is 17.4. The van der Waals surface area contributed by atoms with Crippen molar-refractivity contribution in [1.29, 1.82) is 0 Å². The van der Waals surface area contributed by atoms with E-state index in [2.05, 4.69) is 4.52 Å². The molecular formula is C2H6O4P. The molecule has 1 unspecified atom stereocenters. The molecule has 0 aliphatic rings. The summed E-state index contributed by atoms with van der Waals surface area (Å²) in [5.41, 5.74) is 0. The lowest BCUT2D eigenvalue weighted by Crippen LogP contribution is -1.83. The average Bonchev–Trinajstić information content (AvgIpc) is 1.30. The van der Waals surface area contributed by atoms with Crippen LogP contribution in [-0.2, 0) is 14.0 Å². The van der Waals surface area contributed by atoms with Gasteiger partial charge in [0.05, 0.1) is 6.61 Å². The van der Waals surface area contributed by atoms with E-state index in [4.69, 9.17) is 4.89 Å². The van der Waals surface area contributed by atoms with E-state index in [0.29, 0.717) is 0 Å². The molecule has 0 aromatic heterocycles. The Balaban J connectivity index is 3.36. The minimum absolute atomic E-state index is 0.0166. The van der Waals surface area contributed by atoms with Gasteiger partial charge in [-0.05, 0) is 6.92 Å². The van der Waals surface area contributed by atoms with Crippen LogP contribution in [0.15, 0.2) is 0 Å². The van der Waals surface area contributed by atoms with Gasteiger partial charge in [0.25, 0.3) is 0 Å². The van der Waals surface area contributed by atoms with E-state index in [0.717, 1.165) is 0 Å². The Bertz CT molecular complexity index is 83.7. The van der Waals surface area contributed by atoms with Crippen LogP contribution in [-0.4, -0.2) is 11.5 Å². The summed E-state index contributed by atoms with van der Waals surface area (Å²) in [5.74, 6) is 0. The van der Waals surface area contributed by atoms with E-state index < -0.39 is 7.82 Å². The molecule has 1 atom stereocenters. The summed E-state index contributed by atoms with van der Waals surface area (Å²) in [6, 6.07) is 0. The Hall–Kier alpha value is 0.110. The first-order chi connectivity index (χ1) is 3.06. The van der Waals surface area contributed by atoms with Crippen molar-refractivity contribution in [2.45, 2.75) is 6.92 Å². The maximum Gasteiger partial charge on any atom is 0.499 e. The predicted molar refractivity (Wildman–Crippen MR) is 22.1 cm³/mol. The lowest BCUT2D eigenvalue weighted by atomic mass is 10.9. The van der Waals surface area contributed by atoms with Crippen molar-refractivity contribution in [2.75, 3.05) is 6.61 Å². The fourth-order valence-corrected chi connectivity index (χ4v) is 0.489. The number of hydrogen-bond acceptors (Lipinski definition) is 2. The second-order valence-electron chi connectivity index (χ2n) is 0.886. The molecule has 43 valence electrons. The van der Waals surface area contributed by atoms with Crippen molar-refractivity contribution in [1.82, 2.24) is 0 Å². The third-order valence-corrected chi connectivity index (χ3v) is 0.877. The first-order valence-corrected chi connectivity index (χ1v) is 3.24. The lowest BCUT2D eigenvalue weighted by Gasteiger charge is -1.95. The molecule has 0 amide bonds. The molecule has 0 aromatic carbocycles. The third kappa shape index (κ3) is 6.11. The second-order valence-corrected chi connectivity index (χ2v) is 2.08. The van der Waals surface area contributed by atoms with Crippen LogP contribution in [0.5, 0.6) is 0 Å². The summed E-state index contributed by atoms with van der Waals surface area (Å²) in [7, 11) is -4.42. The van der Waals surface area contributed by atoms with Gasteiger partial charge in [-0.15, -0.1) is 4.89 Å². The van der Waals surface area contributed by atoms with Crippen LogP contribution < -0.4 is 0 Å². The summed E-state index contributed by atoms with van der Waals surface area (Å²) in [6.07, 6.45) is 0. The molecule has 0 spiro atoms. The first kappa shape index (κ1) is 7.11. The highest BCUT2D eigenvalue weighted by molar-refractivity contribution is 7.46. The van der Waals surface area contributed by atoms with Crippen molar-refractivity contribution < 1.29 is 18.9 Å². The van der Waals surface area contributed by atoms with E-state index >= 15 is 0 Å². The molecule has 0 saturated carbocycles. The first-order valence-electron chi connectivity index (χ1n) is 1.74. The quantitative estimate of drug-likeness (QED) is 0.548. The number of rotatable bonds is 2. The lowest BCUT2D eigenvalue weighted by molar-refractivity contribution is 0.179. The fraction of sp³-hybridized carbons (Fsp3) is 1.00. The van der Waals surface area contributed by atoms with Crippen molar-refractivity contribution >= 4 is 7.82 Å². The normalized spacial score (nSPS) is 11.9. The minimum atomic E-state index is -4.42. The Morgan fingerprint density at radius 2 is 2.29 bits per heavy atom. The Labute approximate surface area is 41.4 Å². The van der Waals surface area contributed by atoms with Crippen LogP contribution >= 0.6 is 7.82 Å². The topological polar surface area (TPSA) is 66.4 Å². The van der Waals surface area contributed by atoms with E-state index in [-0.39, 0.29) is 6.61 Å². The second kappa shape index (κ2) is 2.43. The Kier molecular flexibility index (Phi) is 2.46. The SMILES string of the molecule is CCOP([O])(=O)O. The minimum Gasteiger partial charge on any atom is -0.301 e. The molecule has 0 aromatic rings. The zero-order valence-electron chi connectivity index (χ0n) is 3.83. The monoisotopic (exact) mass is 125 g/mol. The molecule has 1 N–H and O–H groups in total. The fourth-order valence-electron chi connectivity index (χ4n) is 0.163. The molecule has 5 heteroatoms. The summed E-state index contributed by atoms with van der Waals surface area (Å²) in [5, 5.41) is 0. The highest BCUT2D eigenvalue weighted by atomic mass is 31.2. The smallest absolute Gasteiger partial charge is 0.301 e. The largest absolute Gasteiger partial charge is 0.499 e. The molecule has 0 fully saturated rings. The van der Waals surface area contributed by atoms with Gasteiger partial charge >= 0.3 is 7.82 Å². The van der Waals surface area contributed by atoms with Crippen LogP contribution in [0.2, 0.25) is 0 Å². The molecule has 0 rings (SSSR count). The number of hydrogen-bond donors (Lipinski definition) is 1. The molecule has 0 saturated heterocycles. The molecule has 0 bridgehead atoms. The van der Waals surface area contributed by atoms with Gasteiger partial charge in [0, 0.05) is 0 Å². The highest BCUT2D eigenvalue weighted by Gasteiger charge is 2.13. The summed E-state index contributed by atoms with van der Waals surface area (Å²) in [6.45, 7) is 1.46. The molecule has 0 heterocycles. The van der Waals surface area contributed by atoms with Gasteiger partial charge in [-0.25, -0.2) is 4.57 Å². The van der Waals surface area contributed by atoms with Crippen LogP contribution in [0.1, 0.15) is 6.92 Å². The average molecular weight is 125 g/mol. The third-order valence-electron chi connectivity index (χ3n) is 0.292. The van der Waals surface area contributed by atoms with Gasteiger partial charge in [0.15, 0.2) is 0 Å². The standard InChI is InChI=1S/C2H6O4P/c1-2-6-7(3,4)5/h2H2,1H3,(H,3,4). The zero-order valence-corrected chi connectivity index (χ0v) is 4.72. The van der Waals surface area contributed by atoms with E-state index in [1.54, 1.807) is 0 Å². The van der Waals surface area contributed by atoms with Gasteiger partial charge in [-0.1, -0.05) is 0 Å². The summed E-state index contributed by atoms with van der Waals surface area (Å²) >= 11 is 0. The van der Waals surface area contributed by atoms with E-state index in [1.165, 1.54) is 6.92 Å². The van der Waals surface area contributed by atoms with E-state index in [9.17, 15) is 9.46 Å². The molecule has 0 aliphatic heterocycles. The van der Waals surface area contributed by atoms with Gasteiger partial charge < -0.3 is 4.89 Å².